The summed E-state index contributed by atoms with van der Waals surface area (Å²) in [5, 5.41) is 5.20. The van der Waals surface area contributed by atoms with Crippen LogP contribution >= 0.6 is 11.8 Å². The summed E-state index contributed by atoms with van der Waals surface area (Å²) in [4.78, 5) is 24.4. The van der Waals surface area contributed by atoms with Crippen LogP contribution in [0.4, 0.5) is 0 Å². The lowest BCUT2D eigenvalue weighted by molar-refractivity contribution is -0.131. The lowest BCUT2D eigenvalue weighted by Gasteiger charge is -2.24. The van der Waals surface area contributed by atoms with Crippen molar-refractivity contribution in [3.05, 3.63) is 52.3 Å². The summed E-state index contributed by atoms with van der Waals surface area (Å²) in [5.74, 6) is 1.26. The Morgan fingerprint density at radius 1 is 1.20 bits per heavy atom. The predicted octanol–water partition coefficient (Wildman–Crippen LogP) is 4.32. The highest BCUT2D eigenvalue weighted by atomic mass is 32.2. The van der Waals surface area contributed by atoms with Crippen LogP contribution in [0.2, 0.25) is 0 Å². The number of carbonyl (C=O) groups is 1. The molecule has 1 aromatic carbocycles. The van der Waals surface area contributed by atoms with E-state index in [-0.39, 0.29) is 5.91 Å². The first-order valence-electron chi connectivity index (χ1n) is 10.5. The standard InChI is InChI=1S/C23H29N5OS/c1-14(2)18-8-6-17(7-9-18)13-27(19-10-11-19)21(29)12-20-15(3)24-22-25-23(30-5)26-28(22)16(20)4/h6-9,14,19H,10-13H2,1-5H3. The highest BCUT2D eigenvalue weighted by molar-refractivity contribution is 7.98. The average Bonchev–Trinajstić information content (AvgIpc) is 3.48. The largest absolute Gasteiger partial charge is 0.335 e. The molecule has 3 aromatic rings. The summed E-state index contributed by atoms with van der Waals surface area (Å²) >= 11 is 1.49. The van der Waals surface area contributed by atoms with E-state index in [2.05, 4.69) is 53.2 Å². The monoisotopic (exact) mass is 423 g/mol. The number of benzene rings is 1. The van der Waals surface area contributed by atoms with Gasteiger partial charge in [-0.25, -0.2) is 9.50 Å². The van der Waals surface area contributed by atoms with Crippen LogP contribution in [0.15, 0.2) is 29.4 Å². The summed E-state index contributed by atoms with van der Waals surface area (Å²) < 4.78 is 1.76. The highest BCUT2D eigenvalue weighted by Gasteiger charge is 2.33. The number of aromatic nitrogens is 4. The minimum atomic E-state index is 0.156. The van der Waals surface area contributed by atoms with E-state index in [4.69, 9.17) is 0 Å². The van der Waals surface area contributed by atoms with Gasteiger partial charge in [-0.15, -0.1) is 5.10 Å². The van der Waals surface area contributed by atoms with E-state index in [1.54, 1.807) is 4.52 Å². The molecule has 0 saturated heterocycles. The van der Waals surface area contributed by atoms with Gasteiger partial charge in [0.05, 0.1) is 6.42 Å². The third-order valence-electron chi connectivity index (χ3n) is 5.85. The molecule has 1 aliphatic rings. The molecule has 2 aromatic heterocycles. The molecule has 158 valence electrons. The van der Waals surface area contributed by atoms with Gasteiger partial charge < -0.3 is 4.90 Å². The van der Waals surface area contributed by atoms with E-state index >= 15 is 0 Å². The van der Waals surface area contributed by atoms with Crippen LogP contribution < -0.4 is 0 Å². The van der Waals surface area contributed by atoms with Crippen LogP contribution in [-0.4, -0.2) is 42.7 Å². The number of thioether (sulfide) groups is 1. The van der Waals surface area contributed by atoms with Crippen molar-refractivity contribution in [3.8, 4) is 0 Å². The van der Waals surface area contributed by atoms with Crippen molar-refractivity contribution in [2.75, 3.05) is 6.26 Å². The summed E-state index contributed by atoms with van der Waals surface area (Å²) in [6, 6.07) is 9.02. The fourth-order valence-electron chi connectivity index (χ4n) is 3.80. The normalized spacial score (nSPS) is 13.9. The third-order valence-corrected chi connectivity index (χ3v) is 6.39. The number of aryl methyl sites for hydroxylation is 2. The van der Waals surface area contributed by atoms with Crippen LogP contribution in [0.5, 0.6) is 0 Å². The van der Waals surface area contributed by atoms with Crippen molar-refractivity contribution in [1.29, 1.82) is 0 Å². The van der Waals surface area contributed by atoms with Crippen LogP contribution in [0.3, 0.4) is 0 Å². The predicted molar refractivity (Wildman–Crippen MR) is 120 cm³/mol. The molecule has 30 heavy (non-hydrogen) atoms. The average molecular weight is 424 g/mol. The summed E-state index contributed by atoms with van der Waals surface area (Å²) in [5.41, 5.74) is 5.25. The molecule has 0 aliphatic heterocycles. The van der Waals surface area contributed by atoms with Gasteiger partial charge >= 0.3 is 0 Å². The summed E-state index contributed by atoms with van der Waals surface area (Å²) in [6.07, 6.45) is 4.47. The Bertz CT molecular complexity index is 1070. The van der Waals surface area contributed by atoms with Gasteiger partial charge in [0.1, 0.15) is 0 Å². The number of nitrogens with zero attached hydrogens (tertiary/aromatic N) is 5. The first kappa shape index (κ1) is 20.8. The number of hydrogen-bond acceptors (Lipinski definition) is 5. The molecule has 1 amide bonds. The SMILES string of the molecule is CSc1nc2nc(C)c(CC(=O)N(Cc3ccc(C(C)C)cc3)C3CC3)c(C)n2n1. The number of fused-ring (bicyclic) bond motifs is 1. The molecular weight excluding hydrogens is 394 g/mol. The summed E-state index contributed by atoms with van der Waals surface area (Å²) in [6.45, 7) is 9.00. The lowest BCUT2D eigenvalue weighted by Crippen LogP contribution is -2.34. The molecule has 0 radical (unpaired) electrons. The summed E-state index contributed by atoms with van der Waals surface area (Å²) in [7, 11) is 0. The number of rotatable bonds is 7. The van der Waals surface area contributed by atoms with E-state index in [1.165, 1.54) is 22.9 Å². The van der Waals surface area contributed by atoms with E-state index in [1.807, 2.05) is 25.0 Å². The third kappa shape index (κ3) is 4.21. The molecule has 0 bridgehead atoms. The molecule has 4 rings (SSSR count). The van der Waals surface area contributed by atoms with E-state index in [0.29, 0.717) is 35.9 Å². The zero-order valence-electron chi connectivity index (χ0n) is 18.3. The van der Waals surface area contributed by atoms with Gasteiger partial charge in [-0.3, -0.25) is 4.79 Å². The molecule has 1 aliphatic carbocycles. The maximum absolute atomic E-state index is 13.3. The van der Waals surface area contributed by atoms with Crippen LogP contribution in [-0.2, 0) is 17.8 Å². The van der Waals surface area contributed by atoms with Gasteiger partial charge in [0.2, 0.25) is 11.1 Å². The number of amides is 1. The highest BCUT2D eigenvalue weighted by Crippen LogP contribution is 2.30. The molecule has 0 N–H and O–H groups in total. The second-order valence-corrected chi connectivity index (χ2v) is 9.17. The van der Waals surface area contributed by atoms with Crippen molar-refractivity contribution in [2.24, 2.45) is 0 Å². The topological polar surface area (TPSA) is 63.4 Å². The molecule has 0 atom stereocenters. The lowest BCUT2D eigenvalue weighted by atomic mass is 10.0. The molecular formula is C23H29N5OS. The maximum Gasteiger partial charge on any atom is 0.253 e. The minimum Gasteiger partial charge on any atom is -0.335 e. The molecule has 0 unspecified atom stereocenters. The van der Waals surface area contributed by atoms with Gasteiger partial charge in [0.25, 0.3) is 5.78 Å². The van der Waals surface area contributed by atoms with E-state index in [9.17, 15) is 4.79 Å². The second kappa shape index (κ2) is 8.38. The Morgan fingerprint density at radius 2 is 1.90 bits per heavy atom. The van der Waals surface area contributed by atoms with Crippen molar-refractivity contribution >= 4 is 23.4 Å². The van der Waals surface area contributed by atoms with Gasteiger partial charge in [-0.1, -0.05) is 49.9 Å². The molecule has 2 heterocycles. The second-order valence-electron chi connectivity index (χ2n) is 8.40. The Morgan fingerprint density at radius 3 is 2.50 bits per heavy atom. The van der Waals surface area contributed by atoms with Crippen LogP contribution in [0, 0.1) is 13.8 Å². The first-order valence-corrected chi connectivity index (χ1v) is 11.7. The van der Waals surface area contributed by atoms with E-state index in [0.717, 1.165) is 29.8 Å². The van der Waals surface area contributed by atoms with Gasteiger partial charge in [0, 0.05) is 29.5 Å². The van der Waals surface area contributed by atoms with E-state index < -0.39 is 0 Å². The van der Waals surface area contributed by atoms with Crippen molar-refractivity contribution in [3.63, 3.8) is 0 Å². The van der Waals surface area contributed by atoms with Crippen molar-refractivity contribution in [2.45, 2.75) is 70.6 Å². The first-order chi connectivity index (χ1) is 14.4. The Balaban J connectivity index is 1.56. The Hall–Kier alpha value is -2.41. The minimum absolute atomic E-state index is 0.156. The zero-order valence-corrected chi connectivity index (χ0v) is 19.2. The Labute approximate surface area is 182 Å². The zero-order chi connectivity index (χ0) is 21.4. The molecule has 1 fully saturated rings. The maximum atomic E-state index is 13.3. The van der Waals surface area contributed by atoms with Crippen molar-refractivity contribution in [1.82, 2.24) is 24.5 Å². The molecule has 0 spiro atoms. The fraction of sp³-hybridized carbons (Fsp3) is 0.478. The van der Waals surface area contributed by atoms with Crippen LogP contribution in [0.1, 0.15) is 60.7 Å². The Kier molecular flexibility index (Phi) is 5.82. The molecule has 7 heteroatoms. The van der Waals surface area contributed by atoms with Gasteiger partial charge in [-0.05, 0) is 50.0 Å². The van der Waals surface area contributed by atoms with Gasteiger partial charge in [0.15, 0.2) is 0 Å². The van der Waals surface area contributed by atoms with Crippen molar-refractivity contribution < 1.29 is 4.79 Å². The fourth-order valence-corrected chi connectivity index (χ4v) is 4.13. The van der Waals surface area contributed by atoms with Crippen LogP contribution in [0.25, 0.3) is 5.78 Å². The number of carbonyl (C=O) groups excluding carboxylic acids is 1. The molecule has 1 saturated carbocycles. The smallest absolute Gasteiger partial charge is 0.253 e. The quantitative estimate of drug-likeness (QED) is 0.530. The molecule has 6 nitrogen and oxygen atoms in total. The van der Waals surface area contributed by atoms with Gasteiger partial charge in [-0.2, -0.15) is 4.98 Å². The number of hydrogen-bond donors (Lipinski definition) is 0.